The number of hydrogen-bond acceptors (Lipinski definition) is 17. The summed E-state index contributed by atoms with van der Waals surface area (Å²) in [7, 11) is 0. The molecular formula is C87H126N20O13. The van der Waals surface area contributed by atoms with E-state index in [9.17, 15) is 38.4 Å². The van der Waals surface area contributed by atoms with Crippen molar-refractivity contribution in [2.75, 3.05) is 45.8 Å². The average molecular weight is 1660 g/mol. The van der Waals surface area contributed by atoms with Crippen molar-refractivity contribution >= 4 is 93.7 Å². The number of carbonyl (C=O) groups excluding carboxylic acids is 13. The number of guanidine groups is 1. The van der Waals surface area contributed by atoms with Crippen LogP contribution in [0.5, 0.6) is 0 Å². The second-order valence-corrected chi connectivity index (χ2v) is 32.7. The van der Waals surface area contributed by atoms with E-state index in [0.717, 1.165) is 16.5 Å². The first-order valence-electron chi connectivity index (χ1n) is 42.3. The standard InChI is InChI=1S/C87H126N20O13/c1-7-54(6)74-85(119)97-63(75(90)109)33-20-22-40-106-42-37-58(51-106)47-69(80(114)98-65(34-19-21-38-88)78(112)100-67(45-56-27-13-9-14-28-56)81(115)99-66(43-52(2)3)77(111)95-50-72(108)96-64(79(113)105-74)35-23-39-93-87(91)92)102-82(116)68(46-57-29-15-10-16-30-57)101-83(117)70(48-59-49-94-62-32-18-17-31-60(59)62)103-84(118)71-36-24-41-107(71)86(120)73(53(4)5)104-76(110)61(89)44-55-25-11-8-12-26-55/h8-18,25-32,49,52-54,58,61,63-71,73-74,94H,7,19-24,33-48,50-51,88-89H2,1-6H3,(H2,90,109)(H,95,111)(H,96,108)(H,97,119)(H,98,114)(H,99,115)(H,100,112)(H,101,117)(H,102,116)(H,103,118)(H,104,110)(H,105,113)(H4,91,92,93)/t54-,58?,61+,63+,64+,65+,66-,67+,68+,69+,70+,71+,73+,74+/m1/s1. The minimum atomic E-state index is -1.44. The number of para-hydroxylation sites is 1. The molecule has 4 aromatic carbocycles. The Kier molecular flexibility index (Phi) is 37.2. The first kappa shape index (κ1) is 94.2. The number of rotatable bonds is 31. The number of nitrogens with one attached hydrogen (secondary N) is 12. The van der Waals surface area contributed by atoms with Crippen LogP contribution in [0.15, 0.2) is 126 Å². The zero-order valence-electron chi connectivity index (χ0n) is 70.0. The lowest BCUT2D eigenvalue weighted by molar-refractivity contribution is -0.143. The number of hydrogen-bond donors (Lipinski definition) is 17. The van der Waals surface area contributed by atoms with E-state index in [1.165, 1.54) is 4.90 Å². The quantitative estimate of drug-likeness (QED) is 0.0167. The van der Waals surface area contributed by atoms with Crippen molar-refractivity contribution in [2.24, 2.45) is 57.3 Å². The molecule has 22 N–H and O–H groups in total. The summed E-state index contributed by atoms with van der Waals surface area (Å²) < 4.78 is 0. The van der Waals surface area contributed by atoms with E-state index in [1.807, 2.05) is 75.4 Å². The van der Waals surface area contributed by atoms with Gasteiger partial charge in [0.05, 0.1) is 12.6 Å². The number of amides is 13. The van der Waals surface area contributed by atoms with E-state index in [1.54, 1.807) is 87.6 Å². The van der Waals surface area contributed by atoms with Crippen molar-refractivity contribution < 1.29 is 62.3 Å². The molecular weight excluding hydrogens is 1530 g/mol. The lowest BCUT2D eigenvalue weighted by atomic mass is 9.96. The molecule has 3 fully saturated rings. The van der Waals surface area contributed by atoms with Gasteiger partial charge in [-0.3, -0.25) is 67.3 Å². The average Bonchev–Trinajstić information content (AvgIpc) is 1.62. The van der Waals surface area contributed by atoms with Crippen molar-refractivity contribution in [1.82, 2.24) is 73.3 Å². The summed E-state index contributed by atoms with van der Waals surface area (Å²) in [5.74, 6) is -11.1. The highest BCUT2D eigenvalue weighted by molar-refractivity contribution is 6.00. The van der Waals surface area contributed by atoms with Gasteiger partial charge in [0.15, 0.2) is 5.96 Å². The maximum absolute atomic E-state index is 15.7. The Balaban J connectivity index is 1.11. The lowest BCUT2D eigenvalue weighted by Gasteiger charge is -2.32. The fourth-order valence-electron chi connectivity index (χ4n) is 15.5. The molecule has 0 saturated carbocycles. The molecule has 120 heavy (non-hydrogen) atoms. The number of benzene rings is 4. The van der Waals surface area contributed by atoms with Gasteiger partial charge in [-0.2, -0.15) is 0 Å². The molecule has 2 unspecified atom stereocenters. The van der Waals surface area contributed by atoms with Crippen LogP contribution in [0.25, 0.3) is 10.9 Å². The molecule has 2 bridgehead atoms. The normalized spacial score (nSPS) is 22.9. The molecule has 652 valence electrons. The first-order valence-corrected chi connectivity index (χ1v) is 42.3. The number of H-pyrrole nitrogens is 1. The van der Waals surface area contributed by atoms with E-state index in [-0.39, 0.29) is 108 Å². The highest BCUT2D eigenvalue weighted by Crippen LogP contribution is 2.26. The highest BCUT2D eigenvalue weighted by atomic mass is 16.2. The summed E-state index contributed by atoms with van der Waals surface area (Å²) in [6.07, 6.45) is 5.26. The molecule has 8 rings (SSSR count). The van der Waals surface area contributed by atoms with Crippen molar-refractivity contribution in [3.8, 4) is 0 Å². The number of primary amides is 1. The third kappa shape index (κ3) is 29.3. The number of aromatic nitrogens is 1. The number of nitrogens with zero attached hydrogens (tertiary/aromatic N) is 3. The van der Waals surface area contributed by atoms with Gasteiger partial charge >= 0.3 is 0 Å². The first-order chi connectivity index (χ1) is 57.5. The fourth-order valence-corrected chi connectivity index (χ4v) is 15.5. The Morgan fingerprint density at radius 3 is 1.85 bits per heavy atom. The van der Waals surface area contributed by atoms with Crippen LogP contribution >= 0.6 is 0 Å². The second kappa shape index (κ2) is 47.5. The van der Waals surface area contributed by atoms with Crippen LogP contribution in [0.4, 0.5) is 0 Å². The van der Waals surface area contributed by atoms with Crippen LogP contribution < -0.4 is 87.2 Å². The van der Waals surface area contributed by atoms with Crippen LogP contribution in [0.2, 0.25) is 0 Å². The molecule has 33 nitrogen and oxygen atoms in total. The highest BCUT2D eigenvalue weighted by Gasteiger charge is 2.43. The minimum Gasteiger partial charge on any atom is -0.370 e. The molecule has 4 heterocycles. The summed E-state index contributed by atoms with van der Waals surface area (Å²) in [6.45, 7) is 12.0. The molecule has 0 aliphatic carbocycles. The SMILES string of the molecule is CC[C@@H](C)[C@@H]1NC(=O)[C@H](CCCN=C(N)N)NC(=O)CNC(=O)[C@@H](CC(C)C)NC(=O)[C@H](Cc2ccccc2)NC(=O)[C@H](CCCCN)NC(=O)[C@@H](NC(=O)[C@H](Cc2ccccc2)NC(=O)[C@H](Cc2c[nH]c3ccccc23)NC(=O)[C@@H]2CCCN2C(=O)[C@@H](NC(=O)[C@@H](N)Cc2ccccc2)C(C)C)CC2CCN(CCCC[C@@H](C(N)=O)NC1=O)C2. The number of fused-ring (bicyclic) bond motifs is 3. The number of carbonyl (C=O) groups is 13. The summed E-state index contributed by atoms with van der Waals surface area (Å²) in [4.78, 5) is 202. The van der Waals surface area contributed by atoms with Crippen molar-refractivity contribution in [1.29, 1.82) is 0 Å². The molecule has 15 atom stereocenters. The molecule has 0 spiro atoms. The minimum absolute atomic E-state index is 0.00601. The Labute approximate surface area is 702 Å². The summed E-state index contributed by atoms with van der Waals surface area (Å²) in [6, 6.07) is 19.2. The smallest absolute Gasteiger partial charge is 0.246 e. The van der Waals surface area contributed by atoms with E-state index < -0.39 is 168 Å². The van der Waals surface area contributed by atoms with E-state index in [0.29, 0.717) is 81.3 Å². The van der Waals surface area contributed by atoms with Crippen LogP contribution in [0, 0.1) is 23.7 Å². The van der Waals surface area contributed by atoms with Gasteiger partial charge in [-0.25, -0.2) is 0 Å². The Hall–Kier alpha value is -11.3. The fraction of sp³-hybridized carbons (Fsp3) is 0.540. The monoisotopic (exact) mass is 1660 g/mol. The molecule has 3 saturated heterocycles. The molecule has 1 aromatic heterocycles. The van der Waals surface area contributed by atoms with Gasteiger partial charge in [-0.15, -0.1) is 0 Å². The van der Waals surface area contributed by atoms with Crippen LogP contribution in [0.1, 0.15) is 154 Å². The van der Waals surface area contributed by atoms with Gasteiger partial charge in [0.1, 0.15) is 66.5 Å². The van der Waals surface area contributed by atoms with Gasteiger partial charge < -0.3 is 102 Å². The Morgan fingerprint density at radius 2 is 1.19 bits per heavy atom. The van der Waals surface area contributed by atoms with Gasteiger partial charge in [-0.1, -0.05) is 157 Å². The van der Waals surface area contributed by atoms with Crippen molar-refractivity contribution in [3.63, 3.8) is 0 Å². The molecule has 5 aromatic rings. The molecule has 3 aliphatic heterocycles. The lowest BCUT2D eigenvalue weighted by Crippen LogP contribution is -2.61. The second-order valence-electron chi connectivity index (χ2n) is 32.7. The number of likely N-dealkylation sites (tertiary alicyclic amines) is 1. The molecule has 13 amide bonds. The number of aliphatic imine (C=N–C) groups is 1. The van der Waals surface area contributed by atoms with Crippen LogP contribution in [-0.4, -0.2) is 216 Å². The summed E-state index contributed by atoms with van der Waals surface area (Å²) in [5.41, 5.74) is 33.0. The maximum atomic E-state index is 15.7. The van der Waals surface area contributed by atoms with Gasteiger partial charge in [-0.05, 0) is 162 Å². The van der Waals surface area contributed by atoms with Crippen LogP contribution in [0.3, 0.4) is 0 Å². The number of aromatic amines is 1. The van der Waals surface area contributed by atoms with Crippen molar-refractivity contribution in [3.05, 3.63) is 144 Å². The summed E-state index contributed by atoms with van der Waals surface area (Å²) >= 11 is 0. The third-order valence-electron chi connectivity index (χ3n) is 22.4. The predicted octanol–water partition coefficient (Wildman–Crippen LogP) is 1.03. The largest absolute Gasteiger partial charge is 0.370 e. The predicted molar refractivity (Wildman–Crippen MR) is 456 cm³/mol. The Morgan fingerprint density at radius 1 is 0.575 bits per heavy atom. The number of nitrogens with two attached hydrogens (primary N) is 5. The molecule has 33 heteroatoms. The van der Waals surface area contributed by atoms with E-state index in [2.05, 4.69) is 73.4 Å². The van der Waals surface area contributed by atoms with E-state index in [4.69, 9.17) is 28.7 Å². The zero-order chi connectivity index (χ0) is 87.0. The van der Waals surface area contributed by atoms with Crippen molar-refractivity contribution in [2.45, 2.75) is 230 Å². The molecule has 3 aliphatic rings. The third-order valence-corrected chi connectivity index (χ3v) is 22.4. The summed E-state index contributed by atoms with van der Waals surface area (Å²) in [5, 5.41) is 32.0. The van der Waals surface area contributed by atoms with E-state index >= 15 is 24.0 Å². The van der Waals surface area contributed by atoms with Gasteiger partial charge in [0.25, 0.3) is 0 Å². The molecule has 0 radical (unpaired) electrons. The van der Waals surface area contributed by atoms with Gasteiger partial charge in [0, 0.05) is 56.0 Å². The topological polar surface area (TPSA) is 519 Å². The zero-order valence-corrected chi connectivity index (χ0v) is 70.0. The van der Waals surface area contributed by atoms with Crippen LogP contribution in [-0.2, 0) is 88.0 Å². The Bertz CT molecular complexity index is 4280. The van der Waals surface area contributed by atoms with Gasteiger partial charge in [0.2, 0.25) is 76.8 Å². The maximum Gasteiger partial charge on any atom is 0.246 e. The number of unbranched alkanes of at least 4 members (excludes halogenated alkanes) is 1.